The minimum atomic E-state index is -0.387. The van der Waals surface area contributed by atoms with E-state index in [2.05, 4.69) is 0 Å². The standard InChI is InChI=1S/C16H14N2O3/c19-18(20)15-7-6-14-8-9-17(16(14)10-15)12-21-11-13-4-2-1-3-5-13/h1-10H,11-12H2. The number of fused-ring (bicyclic) bond motifs is 1. The van der Waals surface area contributed by atoms with Crippen molar-refractivity contribution in [1.29, 1.82) is 0 Å². The van der Waals surface area contributed by atoms with E-state index in [1.54, 1.807) is 12.1 Å². The maximum atomic E-state index is 10.8. The summed E-state index contributed by atoms with van der Waals surface area (Å²) in [4.78, 5) is 10.5. The Morgan fingerprint density at radius 1 is 1.10 bits per heavy atom. The molecular formula is C16H14N2O3. The van der Waals surface area contributed by atoms with E-state index in [0.29, 0.717) is 13.3 Å². The molecule has 5 heteroatoms. The number of benzene rings is 2. The number of hydrogen-bond donors (Lipinski definition) is 0. The van der Waals surface area contributed by atoms with Crippen LogP contribution in [0.1, 0.15) is 5.56 Å². The van der Waals surface area contributed by atoms with Crippen molar-refractivity contribution in [3.8, 4) is 0 Å². The molecule has 3 aromatic rings. The minimum Gasteiger partial charge on any atom is -0.356 e. The molecule has 0 radical (unpaired) electrons. The summed E-state index contributed by atoms with van der Waals surface area (Å²) < 4.78 is 7.53. The van der Waals surface area contributed by atoms with Crippen molar-refractivity contribution in [3.05, 3.63) is 76.5 Å². The van der Waals surface area contributed by atoms with Crippen molar-refractivity contribution in [1.82, 2.24) is 4.57 Å². The number of ether oxygens (including phenoxy) is 1. The first kappa shape index (κ1) is 13.3. The van der Waals surface area contributed by atoms with Crippen LogP contribution in [0.3, 0.4) is 0 Å². The Balaban J connectivity index is 1.74. The summed E-state index contributed by atoms with van der Waals surface area (Å²) in [5.74, 6) is 0. The van der Waals surface area contributed by atoms with Crippen molar-refractivity contribution in [2.24, 2.45) is 0 Å². The molecule has 0 fully saturated rings. The SMILES string of the molecule is O=[N+]([O-])c1ccc2ccn(COCc3ccccc3)c2c1. The Morgan fingerprint density at radius 2 is 1.90 bits per heavy atom. The van der Waals surface area contributed by atoms with E-state index in [1.807, 2.05) is 47.2 Å². The van der Waals surface area contributed by atoms with Gasteiger partial charge in [-0.1, -0.05) is 30.3 Å². The summed E-state index contributed by atoms with van der Waals surface area (Å²) in [5.41, 5.74) is 1.99. The number of rotatable bonds is 5. The second kappa shape index (κ2) is 5.76. The third-order valence-electron chi connectivity index (χ3n) is 3.31. The Labute approximate surface area is 121 Å². The van der Waals surface area contributed by atoms with Crippen LogP contribution < -0.4 is 0 Å². The molecule has 106 valence electrons. The summed E-state index contributed by atoms with van der Waals surface area (Å²) in [7, 11) is 0. The lowest BCUT2D eigenvalue weighted by Crippen LogP contribution is -2.01. The molecule has 1 heterocycles. The first-order valence-corrected chi connectivity index (χ1v) is 6.59. The number of aromatic nitrogens is 1. The van der Waals surface area contributed by atoms with E-state index >= 15 is 0 Å². The predicted molar refractivity (Wildman–Crippen MR) is 79.8 cm³/mol. The maximum absolute atomic E-state index is 10.8. The molecule has 0 bridgehead atoms. The van der Waals surface area contributed by atoms with Crippen LogP contribution in [0.4, 0.5) is 5.69 Å². The van der Waals surface area contributed by atoms with E-state index < -0.39 is 0 Å². The zero-order valence-electron chi connectivity index (χ0n) is 11.3. The zero-order valence-corrected chi connectivity index (χ0v) is 11.3. The zero-order chi connectivity index (χ0) is 14.7. The first-order chi connectivity index (χ1) is 10.2. The molecule has 0 amide bonds. The van der Waals surface area contributed by atoms with E-state index in [9.17, 15) is 10.1 Å². The van der Waals surface area contributed by atoms with Gasteiger partial charge in [-0.15, -0.1) is 0 Å². The molecule has 2 aromatic carbocycles. The second-order valence-electron chi connectivity index (χ2n) is 4.75. The number of hydrogen-bond acceptors (Lipinski definition) is 3. The van der Waals surface area contributed by atoms with Gasteiger partial charge in [0.25, 0.3) is 5.69 Å². The van der Waals surface area contributed by atoms with Crippen molar-refractivity contribution in [3.63, 3.8) is 0 Å². The van der Waals surface area contributed by atoms with Gasteiger partial charge in [0.15, 0.2) is 0 Å². The molecular weight excluding hydrogens is 268 g/mol. The van der Waals surface area contributed by atoms with Crippen LogP contribution in [0.15, 0.2) is 60.8 Å². The topological polar surface area (TPSA) is 57.3 Å². The van der Waals surface area contributed by atoms with Crippen LogP contribution in [-0.4, -0.2) is 9.49 Å². The highest BCUT2D eigenvalue weighted by Gasteiger charge is 2.09. The van der Waals surface area contributed by atoms with Crippen LogP contribution in [-0.2, 0) is 18.1 Å². The first-order valence-electron chi connectivity index (χ1n) is 6.59. The number of nitro benzene ring substituents is 1. The highest BCUT2D eigenvalue weighted by molar-refractivity contribution is 5.82. The summed E-state index contributed by atoms with van der Waals surface area (Å²) >= 11 is 0. The van der Waals surface area contributed by atoms with Crippen LogP contribution in [0.2, 0.25) is 0 Å². The summed E-state index contributed by atoms with van der Waals surface area (Å²) in [6.45, 7) is 0.870. The second-order valence-corrected chi connectivity index (χ2v) is 4.75. The van der Waals surface area contributed by atoms with Gasteiger partial charge >= 0.3 is 0 Å². The van der Waals surface area contributed by atoms with E-state index in [1.165, 1.54) is 6.07 Å². The normalized spacial score (nSPS) is 10.9. The van der Waals surface area contributed by atoms with Gasteiger partial charge in [0.2, 0.25) is 0 Å². The largest absolute Gasteiger partial charge is 0.356 e. The number of nitrogens with zero attached hydrogens (tertiary/aromatic N) is 2. The average Bonchev–Trinajstić information content (AvgIpc) is 2.91. The van der Waals surface area contributed by atoms with E-state index in [4.69, 9.17) is 4.74 Å². The molecule has 0 N–H and O–H groups in total. The van der Waals surface area contributed by atoms with Gasteiger partial charge in [-0.25, -0.2) is 0 Å². The molecule has 21 heavy (non-hydrogen) atoms. The lowest BCUT2D eigenvalue weighted by molar-refractivity contribution is -0.384. The third-order valence-corrected chi connectivity index (χ3v) is 3.31. The van der Waals surface area contributed by atoms with Gasteiger partial charge < -0.3 is 9.30 Å². The monoisotopic (exact) mass is 282 g/mol. The van der Waals surface area contributed by atoms with Crippen molar-refractivity contribution < 1.29 is 9.66 Å². The lowest BCUT2D eigenvalue weighted by atomic mass is 10.2. The molecule has 5 nitrogen and oxygen atoms in total. The fraction of sp³-hybridized carbons (Fsp3) is 0.125. The Morgan fingerprint density at radius 3 is 2.67 bits per heavy atom. The fourth-order valence-corrected chi connectivity index (χ4v) is 2.23. The lowest BCUT2D eigenvalue weighted by Gasteiger charge is -2.07. The number of nitro groups is 1. The molecule has 0 aliphatic heterocycles. The Hall–Kier alpha value is -2.66. The number of non-ortho nitro benzene ring substituents is 1. The molecule has 0 saturated heterocycles. The van der Waals surface area contributed by atoms with E-state index in [-0.39, 0.29) is 10.6 Å². The molecule has 0 saturated carbocycles. The summed E-state index contributed by atoms with van der Waals surface area (Å²) in [6, 6.07) is 16.6. The van der Waals surface area contributed by atoms with Gasteiger partial charge in [0.05, 0.1) is 17.0 Å². The van der Waals surface area contributed by atoms with Crippen molar-refractivity contribution in [2.45, 2.75) is 13.3 Å². The van der Waals surface area contributed by atoms with Crippen LogP contribution in [0.25, 0.3) is 10.9 Å². The predicted octanol–water partition coefficient (Wildman–Crippen LogP) is 3.72. The highest BCUT2D eigenvalue weighted by atomic mass is 16.6. The van der Waals surface area contributed by atoms with E-state index in [0.717, 1.165) is 16.5 Å². The molecule has 0 aliphatic carbocycles. The molecule has 0 unspecified atom stereocenters. The van der Waals surface area contributed by atoms with Gasteiger partial charge in [0, 0.05) is 23.7 Å². The quantitative estimate of drug-likeness (QED) is 0.529. The molecule has 3 rings (SSSR count). The van der Waals surface area contributed by atoms with Crippen LogP contribution in [0, 0.1) is 10.1 Å². The molecule has 0 spiro atoms. The Kier molecular flexibility index (Phi) is 3.66. The van der Waals surface area contributed by atoms with Crippen LogP contribution >= 0.6 is 0 Å². The summed E-state index contributed by atoms with van der Waals surface area (Å²) in [5, 5.41) is 11.8. The van der Waals surface area contributed by atoms with Crippen LogP contribution in [0.5, 0.6) is 0 Å². The molecule has 0 aliphatic rings. The third kappa shape index (κ3) is 2.93. The van der Waals surface area contributed by atoms with Crippen molar-refractivity contribution in [2.75, 3.05) is 0 Å². The highest BCUT2D eigenvalue weighted by Crippen LogP contribution is 2.22. The van der Waals surface area contributed by atoms with Gasteiger partial charge in [-0.05, 0) is 17.7 Å². The van der Waals surface area contributed by atoms with Gasteiger partial charge in [-0.3, -0.25) is 10.1 Å². The molecule has 0 atom stereocenters. The fourth-order valence-electron chi connectivity index (χ4n) is 2.23. The van der Waals surface area contributed by atoms with Gasteiger partial charge in [0.1, 0.15) is 6.73 Å². The average molecular weight is 282 g/mol. The van der Waals surface area contributed by atoms with Gasteiger partial charge in [-0.2, -0.15) is 0 Å². The minimum absolute atomic E-state index is 0.0884. The van der Waals surface area contributed by atoms with Crippen molar-refractivity contribution >= 4 is 16.6 Å². The maximum Gasteiger partial charge on any atom is 0.271 e. The smallest absolute Gasteiger partial charge is 0.271 e. The summed E-state index contributed by atoms with van der Waals surface area (Å²) in [6.07, 6.45) is 1.87. The Bertz CT molecular complexity index is 766. The molecule has 1 aromatic heterocycles.